The van der Waals surface area contributed by atoms with Crippen LogP contribution in [0.2, 0.25) is 0 Å². The van der Waals surface area contributed by atoms with E-state index in [0.717, 1.165) is 35.2 Å². The lowest BCUT2D eigenvalue weighted by molar-refractivity contribution is -0.113. The summed E-state index contributed by atoms with van der Waals surface area (Å²) in [6.45, 7) is 8.20. The summed E-state index contributed by atoms with van der Waals surface area (Å²) in [5.74, 6) is -0.146. The number of allylic oxidation sites excluding steroid dienone is 2. The molecule has 33 heavy (non-hydrogen) atoms. The monoisotopic (exact) mass is 439 g/mol. The summed E-state index contributed by atoms with van der Waals surface area (Å²) in [6, 6.07) is 14.3. The molecule has 2 aliphatic rings. The number of fused-ring (bicyclic) bond motifs is 2. The quantitative estimate of drug-likeness (QED) is 0.484. The summed E-state index contributed by atoms with van der Waals surface area (Å²) in [4.78, 5) is 17.6. The number of nitrogens with one attached hydrogen (secondary N) is 4. The van der Waals surface area contributed by atoms with Gasteiger partial charge in [0.1, 0.15) is 5.66 Å². The molecule has 1 aromatic heterocycles. The van der Waals surface area contributed by atoms with Crippen LogP contribution in [0.5, 0.6) is 0 Å². The number of amides is 1. The van der Waals surface area contributed by atoms with Crippen molar-refractivity contribution in [3.05, 3.63) is 89.9 Å². The summed E-state index contributed by atoms with van der Waals surface area (Å²) >= 11 is 0. The molecule has 6 heteroatoms. The Kier molecular flexibility index (Phi) is 5.17. The fraction of sp³-hybridized carbons (Fsp3) is 0.259. The van der Waals surface area contributed by atoms with E-state index in [1.807, 2.05) is 61.8 Å². The number of carbonyl (C=O) groups is 1. The van der Waals surface area contributed by atoms with Crippen LogP contribution >= 0.6 is 0 Å². The zero-order valence-electron chi connectivity index (χ0n) is 19.2. The summed E-state index contributed by atoms with van der Waals surface area (Å²) in [5.41, 5.74) is 4.17. The van der Waals surface area contributed by atoms with Crippen molar-refractivity contribution in [1.29, 1.82) is 0 Å². The SMILES string of the molecule is CC1(Nc2ccc3ccncc3c2)NC=CC=C1C(=O)Nc1ccc2c(c1)CNCC2(C)C. The highest BCUT2D eigenvalue weighted by Gasteiger charge is 2.34. The molecular weight excluding hydrogens is 410 g/mol. The number of anilines is 2. The second-order valence-electron chi connectivity index (χ2n) is 9.58. The third-order valence-corrected chi connectivity index (χ3v) is 6.52. The van der Waals surface area contributed by atoms with E-state index < -0.39 is 5.66 Å². The van der Waals surface area contributed by atoms with E-state index in [0.29, 0.717) is 5.57 Å². The molecule has 1 unspecified atom stereocenters. The Hall–Kier alpha value is -3.64. The van der Waals surface area contributed by atoms with Crippen molar-refractivity contribution in [3.63, 3.8) is 0 Å². The van der Waals surface area contributed by atoms with Crippen molar-refractivity contribution >= 4 is 28.1 Å². The van der Waals surface area contributed by atoms with Gasteiger partial charge in [0.15, 0.2) is 0 Å². The molecule has 3 aromatic rings. The van der Waals surface area contributed by atoms with Crippen LogP contribution in [0.3, 0.4) is 0 Å². The Balaban J connectivity index is 1.38. The highest BCUT2D eigenvalue weighted by Crippen LogP contribution is 2.32. The minimum absolute atomic E-state index is 0.0780. The lowest BCUT2D eigenvalue weighted by Crippen LogP contribution is -2.52. The molecule has 3 heterocycles. The molecule has 2 aromatic carbocycles. The molecule has 2 aliphatic heterocycles. The molecular formula is C27H29N5O. The normalized spacial score (nSPS) is 21.0. The van der Waals surface area contributed by atoms with E-state index >= 15 is 0 Å². The summed E-state index contributed by atoms with van der Waals surface area (Å²) < 4.78 is 0. The van der Waals surface area contributed by atoms with E-state index in [1.54, 1.807) is 6.20 Å². The van der Waals surface area contributed by atoms with Gasteiger partial charge in [0.2, 0.25) is 0 Å². The minimum atomic E-state index is -0.771. The Bertz CT molecular complexity index is 1290. The van der Waals surface area contributed by atoms with Gasteiger partial charge in [-0.1, -0.05) is 26.0 Å². The van der Waals surface area contributed by atoms with Crippen LogP contribution in [-0.2, 0) is 16.8 Å². The van der Waals surface area contributed by atoms with Gasteiger partial charge in [0.25, 0.3) is 5.91 Å². The van der Waals surface area contributed by atoms with Gasteiger partial charge in [-0.2, -0.15) is 0 Å². The molecule has 6 nitrogen and oxygen atoms in total. The highest BCUT2D eigenvalue weighted by atomic mass is 16.1. The van der Waals surface area contributed by atoms with Crippen molar-refractivity contribution in [1.82, 2.24) is 15.6 Å². The third-order valence-electron chi connectivity index (χ3n) is 6.52. The van der Waals surface area contributed by atoms with Crippen molar-refractivity contribution < 1.29 is 4.79 Å². The molecule has 168 valence electrons. The first-order chi connectivity index (χ1) is 15.8. The molecule has 0 radical (unpaired) electrons. The maximum absolute atomic E-state index is 13.4. The van der Waals surface area contributed by atoms with Crippen LogP contribution in [0, 0.1) is 0 Å². The number of hydrogen-bond donors (Lipinski definition) is 4. The molecule has 5 rings (SSSR count). The average Bonchev–Trinajstić information content (AvgIpc) is 2.78. The van der Waals surface area contributed by atoms with Crippen molar-refractivity contribution in [2.75, 3.05) is 17.2 Å². The Morgan fingerprint density at radius 3 is 2.76 bits per heavy atom. The van der Waals surface area contributed by atoms with Gasteiger partial charge in [-0.25, -0.2) is 0 Å². The Morgan fingerprint density at radius 2 is 1.88 bits per heavy atom. The lowest BCUT2D eigenvalue weighted by atomic mass is 9.79. The van der Waals surface area contributed by atoms with Crippen LogP contribution in [0.4, 0.5) is 11.4 Å². The molecule has 4 N–H and O–H groups in total. The number of hydrogen-bond acceptors (Lipinski definition) is 5. The van der Waals surface area contributed by atoms with Crippen LogP contribution in [-0.4, -0.2) is 23.1 Å². The standard InChI is InChI=1S/C27H29N5O/c1-26(2)17-29-16-20-14-21(8-9-23(20)26)31-25(33)24-5-4-11-30-27(24,3)32-22-7-6-18-10-12-28-15-19(18)13-22/h4-15,29-30,32H,16-17H2,1-3H3,(H,31,33). The predicted octanol–water partition coefficient (Wildman–Crippen LogP) is 4.43. The van der Waals surface area contributed by atoms with Crippen LogP contribution in [0.1, 0.15) is 31.9 Å². The van der Waals surface area contributed by atoms with Crippen molar-refractivity contribution in [2.45, 2.75) is 38.4 Å². The first-order valence-corrected chi connectivity index (χ1v) is 11.3. The summed E-state index contributed by atoms with van der Waals surface area (Å²) in [5, 5.41) is 15.6. The zero-order valence-corrected chi connectivity index (χ0v) is 19.2. The second kappa shape index (κ2) is 8.05. The van der Waals surface area contributed by atoms with Gasteiger partial charge >= 0.3 is 0 Å². The molecule has 0 saturated carbocycles. The fourth-order valence-corrected chi connectivity index (χ4v) is 4.74. The molecule has 0 aliphatic carbocycles. The van der Waals surface area contributed by atoms with Crippen LogP contribution < -0.4 is 21.3 Å². The highest BCUT2D eigenvalue weighted by molar-refractivity contribution is 6.06. The van der Waals surface area contributed by atoms with E-state index in [4.69, 9.17) is 0 Å². The first kappa shape index (κ1) is 21.2. The number of dihydropyridines is 1. The smallest absolute Gasteiger partial charge is 0.255 e. The second-order valence-corrected chi connectivity index (χ2v) is 9.58. The maximum atomic E-state index is 13.4. The summed E-state index contributed by atoms with van der Waals surface area (Å²) in [6.07, 6.45) is 9.17. The van der Waals surface area contributed by atoms with Gasteiger partial charge in [-0.3, -0.25) is 9.78 Å². The van der Waals surface area contributed by atoms with Gasteiger partial charge < -0.3 is 21.3 Å². The van der Waals surface area contributed by atoms with Gasteiger partial charge in [-0.15, -0.1) is 0 Å². The number of benzene rings is 2. The van der Waals surface area contributed by atoms with Gasteiger partial charge in [0, 0.05) is 47.7 Å². The fourth-order valence-electron chi connectivity index (χ4n) is 4.74. The molecule has 1 atom stereocenters. The first-order valence-electron chi connectivity index (χ1n) is 11.3. The molecule has 0 bridgehead atoms. The number of aromatic nitrogens is 1. The van der Waals surface area contributed by atoms with E-state index in [-0.39, 0.29) is 11.3 Å². The van der Waals surface area contributed by atoms with Gasteiger partial charge in [-0.05, 0) is 72.1 Å². The topological polar surface area (TPSA) is 78.1 Å². The largest absolute Gasteiger partial charge is 0.365 e. The van der Waals surface area contributed by atoms with Gasteiger partial charge in [0.05, 0.1) is 5.57 Å². The van der Waals surface area contributed by atoms with E-state index in [9.17, 15) is 4.79 Å². The summed E-state index contributed by atoms with van der Waals surface area (Å²) in [7, 11) is 0. The lowest BCUT2D eigenvalue weighted by Gasteiger charge is -2.36. The molecule has 0 saturated heterocycles. The predicted molar refractivity (Wildman–Crippen MR) is 134 cm³/mol. The molecule has 0 spiro atoms. The number of pyridine rings is 1. The number of carbonyl (C=O) groups excluding carboxylic acids is 1. The zero-order chi connectivity index (χ0) is 23.1. The molecule has 1 amide bonds. The van der Waals surface area contributed by atoms with Crippen molar-refractivity contribution in [2.24, 2.45) is 0 Å². The third kappa shape index (κ3) is 4.10. The van der Waals surface area contributed by atoms with E-state index in [2.05, 4.69) is 52.2 Å². The van der Waals surface area contributed by atoms with E-state index in [1.165, 1.54) is 11.1 Å². The molecule has 0 fully saturated rings. The number of rotatable bonds is 4. The average molecular weight is 440 g/mol. The Labute approximate surface area is 194 Å². The minimum Gasteiger partial charge on any atom is -0.365 e. The number of nitrogens with zero attached hydrogens (tertiary/aromatic N) is 1. The van der Waals surface area contributed by atoms with Crippen LogP contribution in [0.15, 0.2) is 78.8 Å². The van der Waals surface area contributed by atoms with Crippen molar-refractivity contribution in [3.8, 4) is 0 Å². The maximum Gasteiger partial charge on any atom is 0.255 e. The van der Waals surface area contributed by atoms with Crippen LogP contribution in [0.25, 0.3) is 10.8 Å². The Morgan fingerprint density at radius 1 is 1.03 bits per heavy atom.